The van der Waals surface area contributed by atoms with Crippen LogP contribution in [0.3, 0.4) is 0 Å². The molecule has 21 heavy (non-hydrogen) atoms. The van der Waals surface area contributed by atoms with Crippen LogP contribution in [0.2, 0.25) is 5.02 Å². The van der Waals surface area contributed by atoms with E-state index in [0.717, 1.165) is 11.3 Å². The molecule has 0 saturated carbocycles. The third-order valence-corrected chi connectivity index (χ3v) is 3.18. The fraction of sp³-hybridized carbons (Fsp3) is 0.188. The molecule has 0 amide bonds. The number of carbonyl (C=O) groups is 1. The van der Waals surface area contributed by atoms with E-state index >= 15 is 0 Å². The van der Waals surface area contributed by atoms with Crippen LogP contribution < -0.4 is 9.47 Å². The molecule has 110 valence electrons. The molecular formula is C16H15ClO4. The number of aromatic carboxylic acids is 1. The van der Waals surface area contributed by atoms with E-state index in [0.29, 0.717) is 17.4 Å². The SMILES string of the molecule is CCOc1ccc(OCc2ccc(C(=O)O)cc2Cl)cc1. The van der Waals surface area contributed by atoms with E-state index in [9.17, 15) is 4.79 Å². The first-order valence-corrected chi connectivity index (χ1v) is 6.85. The highest BCUT2D eigenvalue weighted by molar-refractivity contribution is 6.31. The van der Waals surface area contributed by atoms with Crippen molar-refractivity contribution in [2.24, 2.45) is 0 Å². The van der Waals surface area contributed by atoms with Crippen molar-refractivity contribution in [1.82, 2.24) is 0 Å². The Labute approximate surface area is 127 Å². The standard InChI is InChI=1S/C16H15ClO4/c1-2-20-13-5-7-14(8-6-13)21-10-12-4-3-11(16(18)19)9-15(12)17/h3-9H,2,10H2,1H3,(H,18,19). The predicted octanol–water partition coefficient (Wildman–Crippen LogP) is 4.02. The van der Waals surface area contributed by atoms with Crippen molar-refractivity contribution in [3.8, 4) is 11.5 Å². The number of carboxylic acids is 1. The van der Waals surface area contributed by atoms with Gasteiger partial charge in [0, 0.05) is 10.6 Å². The van der Waals surface area contributed by atoms with Crippen molar-refractivity contribution < 1.29 is 19.4 Å². The van der Waals surface area contributed by atoms with Crippen molar-refractivity contribution in [2.45, 2.75) is 13.5 Å². The van der Waals surface area contributed by atoms with Crippen LogP contribution >= 0.6 is 11.6 Å². The minimum Gasteiger partial charge on any atom is -0.494 e. The van der Waals surface area contributed by atoms with Crippen LogP contribution in [0, 0.1) is 0 Å². The number of carboxylic acid groups (broad SMARTS) is 1. The molecule has 0 aliphatic heterocycles. The van der Waals surface area contributed by atoms with E-state index in [1.54, 1.807) is 6.07 Å². The second-order valence-electron chi connectivity index (χ2n) is 4.30. The van der Waals surface area contributed by atoms with E-state index in [4.69, 9.17) is 26.2 Å². The Morgan fingerprint density at radius 3 is 2.24 bits per heavy atom. The molecule has 0 aromatic heterocycles. The Morgan fingerprint density at radius 1 is 1.10 bits per heavy atom. The fourth-order valence-corrected chi connectivity index (χ4v) is 1.99. The van der Waals surface area contributed by atoms with Gasteiger partial charge >= 0.3 is 5.97 Å². The molecule has 2 rings (SSSR count). The van der Waals surface area contributed by atoms with Crippen LogP contribution in [0.5, 0.6) is 11.5 Å². The van der Waals surface area contributed by atoms with Gasteiger partial charge < -0.3 is 14.6 Å². The first-order valence-electron chi connectivity index (χ1n) is 6.47. The van der Waals surface area contributed by atoms with Gasteiger partial charge in [-0.1, -0.05) is 17.7 Å². The van der Waals surface area contributed by atoms with Crippen molar-refractivity contribution in [2.75, 3.05) is 6.61 Å². The number of rotatable bonds is 6. The maximum atomic E-state index is 10.8. The highest BCUT2D eigenvalue weighted by Gasteiger charge is 2.07. The molecule has 0 aliphatic carbocycles. The molecule has 0 atom stereocenters. The summed E-state index contributed by atoms with van der Waals surface area (Å²) in [6.07, 6.45) is 0. The zero-order chi connectivity index (χ0) is 15.2. The second-order valence-corrected chi connectivity index (χ2v) is 4.71. The van der Waals surface area contributed by atoms with Gasteiger partial charge in [0.25, 0.3) is 0 Å². The van der Waals surface area contributed by atoms with Crippen molar-refractivity contribution >= 4 is 17.6 Å². The Hall–Kier alpha value is -2.20. The van der Waals surface area contributed by atoms with Gasteiger partial charge in [-0.25, -0.2) is 4.79 Å². The van der Waals surface area contributed by atoms with Crippen molar-refractivity contribution in [3.05, 3.63) is 58.6 Å². The summed E-state index contributed by atoms with van der Waals surface area (Å²) < 4.78 is 11.0. The molecule has 1 N–H and O–H groups in total. The minimum atomic E-state index is -1.00. The minimum absolute atomic E-state index is 0.157. The summed E-state index contributed by atoms with van der Waals surface area (Å²) in [4.78, 5) is 10.8. The number of hydrogen-bond donors (Lipinski definition) is 1. The molecule has 0 spiro atoms. The van der Waals surface area contributed by atoms with Crippen LogP contribution in [0.4, 0.5) is 0 Å². The number of hydrogen-bond acceptors (Lipinski definition) is 3. The zero-order valence-corrected chi connectivity index (χ0v) is 12.3. The lowest BCUT2D eigenvalue weighted by molar-refractivity contribution is 0.0697. The lowest BCUT2D eigenvalue weighted by Crippen LogP contribution is -2.00. The molecule has 0 radical (unpaired) electrons. The molecular weight excluding hydrogens is 292 g/mol. The summed E-state index contributed by atoms with van der Waals surface area (Å²) in [7, 11) is 0. The largest absolute Gasteiger partial charge is 0.494 e. The monoisotopic (exact) mass is 306 g/mol. The lowest BCUT2D eigenvalue weighted by atomic mass is 10.1. The number of benzene rings is 2. The second kappa shape index (κ2) is 6.99. The van der Waals surface area contributed by atoms with Gasteiger partial charge in [-0.2, -0.15) is 0 Å². The van der Waals surface area contributed by atoms with Crippen molar-refractivity contribution in [3.63, 3.8) is 0 Å². The third kappa shape index (κ3) is 4.13. The molecule has 0 bridgehead atoms. The highest BCUT2D eigenvalue weighted by atomic mass is 35.5. The molecule has 0 heterocycles. The predicted molar refractivity (Wildman–Crippen MR) is 80.4 cm³/mol. The van der Waals surface area contributed by atoms with Crippen LogP contribution in [0.25, 0.3) is 0 Å². The molecule has 5 heteroatoms. The van der Waals surface area contributed by atoms with Gasteiger partial charge in [-0.15, -0.1) is 0 Å². The smallest absolute Gasteiger partial charge is 0.335 e. The molecule has 4 nitrogen and oxygen atoms in total. The summed E-state index contributed by atoms with van der Waals surface area (Å²) in [5.41, 5.74) is 0.889. The topological polar surface area (TPSA) is 55.8 Å². The van der Waals surface area contributed by atoms with Gasteiger partial charge in [0.05, 0.1) is 12.2 Å². The molecule has 2 aromatic rings. The Balaban J connectivity index is 2.01. The van der Waals surface area contributed by atoms with Gasteiger partial charge in [-0.3, -0.25) is 0 Å². The van der Waals surface area contributed by atoms with Gasteiger partial charge in [0.1, 0.15) is 18.1 Å². The van der Waals surface area contributed by atoms with E-state index in [1.807, 2.05) is 31.2 Å². The average Bonchev–Trinajstić information content (AvgIpc) is 2.47. The zero-order valence-electron chi connectivity index (χ0n) is 11.5. The lowest BCUT2D eigenvalue weighted by Gasteiger charge is -2.09. The molecule has 0 fully saturated rings. The molecule has 2 aromatic carbocycles. The van der Waals surface area contributed by atoms with Gasteiger partial charge in [-0.05, 0) is 43.3 Å². The van der Waals surface area contributed by atoms with Crippen LogP contribution in [-0.2, 0) is 6.61 Å². The van der Waals surface area contributed by atoms with E-state index in [-0.39, 0.29) is 12.2 Å². The van der Waals surface area contributed by atoms with Gasteiger partial charge in [0.15, 0.2) is 0 Å². The third-order valence-electron chi connectivity index (χ3n) is 2.83. The summed E-state index contributed by atoms with van der Waals surface area (Å²) in [6, 6.07) is 11.9. The Kier molecular flexibility index (Phi) is 5.06. The average molecular weight is 307 g/mol. The Morgan fingerprint density at radius 2 is 1.71 bits per heavy atom. The first kappa shape index (κ1) is 15.2. The molecule has 0 saturated heterocycles. The summed E-state index contributed by atoms with van der Waals surface area (Å²) >= 11 is 6.04. The van der Waals surface area contributed by atoms with Crippen LogP contribution in [0.15, 0.2) is 42.5 Å². The van der Waals surface area contributed by atoms with Crippen LogP contribution in [-0.4, -0.2) is 17.7 Å². The van der Waals surface area contributed by atoms with E-state index in [2.05, 4.69) is 0 Å². The maximum Gasteiger partial charge on any atom is 0.335 e. The Bertz CT molecular complexity index is 623. The quantitative estimate of drug-likeness (QED) is 0.876. The molecule has 0 aliphatic rings. The number of ether oxygens (including phenoxy) is 2. The van der Waals surface area contributed by atoms with Crippen molar-refractivity contribution in [1.29, 1.82) is 0 Å². The summed E-state index contributed by atoms with van der Waals surface area (Å²) in [5, 5.41) is 9.25. The normalized spacial score (nSPS) is 10.2. The number of halogens is 1. The molecule has 0 unspecified atom stereocenters. The van der Waals surface area contributed by atoms with E-state index in [1.165, 1.54) is 12.1 Å². The van der Waals surface area contributed by atoms with Gasteiger partial charge in [0.2, 0.25) is 0 Å². The maximum absolute atomic E-state index is 10.8. The van der Waals surface area contributed by atoms with Crippen LogP contribution in [0.1, 0.15) is 22.8 Å². The summed E-state index contributed by atoms with van der Waals surface area (Å²) in [6.45, 7) is 2.81. The van der Waals surface area contributed by atoms with E-state index < -0.39 is 5.97 Å². The highest BCUT2D eigenvalue weighted by Crippen LogP contribution is 2.22. The fourth-order valence-electron chi connectivity index (χ4n) is 1.76. The first-order chi connectivity index (χ1) is 10.1. The summed E-state index contributed by atoms with van der Waals surface area (Å²) in [5.74, 6) is 0.474.